The van der Waals surface area contributed by atoms with Crippen molar-refractivity contribution in [1.82, 2.24) is 0 Å². The lowest BCUT2D eigenvalue weighted by atomic mass is 10.2. The molecule has 1 aromatic rings. The third kappa shape index (κ3) is 3.53. The third-order valence-electron chi connectivity index (χ3n) is 2.22. The lowest BCUT2D eigenvalue weighted by Crippen LogP contribution is -2.22. The van der Waals surface area contributed by atoms with Gasteiger partial charge in [0, 0.05) is 13.6 Å². The van der Waals surface area contributed by atoms with E-state index in [0.717, 1.165) is 0 Å². The number of halogens is 1. The largest absolute Gasteiger partial charge is 0.466 e. The van der Waals surface area contributed by atoms with Crippen molar-refractivity contribution in [3.8, 4) is 0 Å². The number of ether oxygens (including phenoxy) is 1. The van der Waals surface area contributed by atoms with Gasteiger partial charge in [0.2, 0.25) is 0 Å². The Labute approximate surface area is 94.8 Å². The molecule has 0 aromatic heterocycles. The maximum atomic E-state index is 13.4. The van der Waals surface area contributed by atoms with Gasteiger partial charge in [0.25, 0.3) is 0 Å². The predicted molar refractivity (Wildman–Crippen MR) is 60.9 cm³/mol. The Morgan fingerprint density at radius 1 is 1.44 bits per heavy atom. The zero-order chi connectivity index (χ0) is 12.0. The summed E-state index contributed by atoms with van der Waals surface area (Å²) in [6, 6.07) is 6.48. The van der Waals surface area contributed by atoms with Gasteiger partial charge in [-0.25, -0.2) is 4.39 Å². The van der Waals surface area contributed by atoms with Gasteiger partial charge in [-0.05, 0) is 19.1 Å². The molecule has 1 rings (SSSR count). The Bertz CT molecular complexity index is 355. The van der Waals surface area contributed by atoms with E-state index in [1.54, 1.807) is 37.1 Å². The number of esters is 1. The number of nitrogens with zero attached hydrogens (tertiary/aromatic N) is 1. The van der Waals surface area contributed by atoms with Crippen LogP contribution < -0.4 is 4.90 Å². The molecule has 0 radical (unpaired) electrons. The van der Waals surface area contributed by atoms with Gasteiger partial charge in [0.1, 0.15) is 5.82 Å². The van der Waals surface area contributed by atoms with Crippen LogP contribution in [0.25, 0.3) is 0 Å². The molecule has 3 nitrogen and oxygen atoms in total. The summed E-state index contributed by atoms with van der Waals surface area (Å²) in [5.41, 5.74) is 0.492. The molecule has 0 spiro atoms. The molecule has 1 aromatic carbocycles. The minimum atomic E-state index is -0.283. The average molecular weight is 225 g/mol. The van der Waals surface area contributed by atoms with Crippen LogP contribution in [-0.2, 0) is 9.53 Å². The molecule has 0 saturated carbocycles. The first-order chi connectivity index (χ1) is 7.65. The number of hydrogen-bond donors (Lipinski definition) is 0. The summed E-state index contributed by atoms with van der Waals surface area (Å²) in [4.78, 5) is 12.8. The van der Waals surface area contributed by atoms with Gasteiger partial charge < -0.3 is 9.64 Å². The van der Waals surface area contributed by atoms with Crippen molar-refractivity contribution in [2.75, 3.05) is 25.1 Å². The smallest absolute Gasteiger partial charge is 0.307 e. The van der Waals surface area contributed by atoms with Gasteiger partial charge in [-0.2, -0.15) is 0 Å². The van der Waals surface area contributed by atoms with Crippen molar-refractivity contribution in [2.24, 2.45) is 0 Å². The molecular formula is C12H16FNO2. The molecule has 0 saturated heterocycles. The zero-order valence-corrected chi connectivity index (χ0v) is 9.57. The minimum absolute atomic E-state index is 0.259. The molecule has 0 bridgehead atoms. The first-order valence-electron chi connectivity index (χ1n) is 5.26. The summed E-state index contributed by atoms with van der Waals surface area (Å²) in [6.07, 6.45) is 0.263. The molecule has 0 unspecified atom stereocenters. The second-order valence-electron chi connectivity index (χ2n) is 3.43. The molecular weight excluding hydrogens is 209 g/mol. The van der Waals surface area contributed by atoms with E-state index in [9.17, 15) is 9.18 Å². The van der Waals surface area contributed by atoms with Crippen LogP contribution in [0.4, 0.5) is 10.1 Å². The van der Waals surface area contributed by atoms with Crippen LogP contribution in [0.15, 0.2) is 24.3 Å². The lowest BCUT2D eigenvalue weighted by Gasteiger charge is -2.19. The van der Waals surface area contributed by atoms with Gasteiger partial charge in [-0.3, -0.25) is 4.79 Å². The topological polar surface area (TPSA) is 29.5 Å². The summed E-state index contributed by atoms with van der Waals surface area (Å²) in [7, 11) is 1.75. The van der Waals surface area contributed by atoms with E-state index in [1.807, 2.05) is 0 Å². The van der Waals surface area contributed by atoms with Crippen LogP contribution in [-0.4, -0.2) is 26.2 Å². The molecule has 16 heavy (non-hydrogen) atoms. The maximum absolute atomic E-state index is 13.4. The fourth-order valence-electron chi connectivity index (χ4n) is 1.37. The molecule has 0 fully saturated rings. The summed E-state index contributed by atoms with van der Waals surface area (Å²) in [6.45, 7) is 2.58. The van der Waals surface area contributed by atoms with Gasteiger partial charge >= 0.3 is 5.97 Å². The van der Waals surface area contributed by atoms with Crippen molar-refractivity contribution < 1.29 is 13.9 Å². The van der Waals surface area contributed by atoms with Gasteiger partial charge in [0.05, 0.1) is 18.7 Å². The molecule has 0 heterocycles. The quantitative estimate of drug-likeness (QED) is 0.719. The molecule has 0 atom stereocenters. The van der Waals surface area contributed by atoms with Crippen LogP contribution in [0.1, 0.15) is 13.3 Å². The molecule has 0 aliphatic heterocycles. The Morgan fingerprint density at radius 3 is 2.75 bits per heavy atom. The van der Waals surface area contributed by atoms with E-state index >= 15 is 0 Å². The van der Waals surface area contributed by atoms with E-state index in [1.165, 1.54) is 6.07 Å². The first-order valence-corrected chi connectivity index (χ1v) is 5.26. The van der Waals surface area contributed by atoms with Gasteiger partial charge in [-0.15, -0.1) is 0 Å². The van der Waals surface area contributed by atoms with Crippen molar-refractivity contribution in [1.29, 1.82) is 0 Å². The van der Waals surface area contributed by atoms with Crippen LogP contribution in [0.2, 0.25) is 0 Å². The number of hydrogen-bond acceptors (Lipinski definition) is 3. The first kappa shape index (κ1) is 12.5. The van der Waals surface area contributed by atoms with Crippen LogP contribution in [0, 0.1) is 5.82 Å². The molecule has 88 valence electrons. The van der Waals surface area contributed by atoms with Crippen molar-refractivity contribution >= 4 is 11.7 Å². The van der Waals surface area contributed by atoms with Crippen LogP contribution in [0.3, 0.4) is 0 Å². The second kappa shape index (κ2) is 6.10. The van der Waals surface area contributed by atoms with E-state index in [0.29, 0.717) is 18.8 Å². The molecule has 0 N–H and O–H groups in total. The Hall–Kier alpha value is -1.58. The number of anilines is 1. The third-order valence-corrected chi connectivity index (χ3v) is 2.22. The lowest BCUT2D eigenvalue weighted by molar-refractivity contribution is -0.142. The zero-order valence-electron chi connectivity index (χ0n) is 9.57. The van der Waals surface area contributed by atoms with E-state index in [-0.39, 0.29) is 18.2 Å². The number of rotatable bonds is 5. The van der Waals surface area contributed by atoms with Crippen molar-refractivity contribution in [3.63, 3.8) is 0 Å². The number of carbonyl (C=O) groups excluding carboxylic acids is 1. The van der Waals surface area contributed by atoms with E-state index in [4.69, 9.17) is 4.74 Å². The monoisotopic (exact) mass is 225 g/mol. The Balaban J connectivity index is 2.50. The Kier molecular flexibility index (Phi) is 4.76. The van der Waals surface area contributed by atoms with Gasteiger partial charge in [0.15, 0.2) is 0 Å². The molecule has 0 amide bonds. The summed E-state index contributed by atoms with van der Waals surface area (Å²) >= 11 is 0. The van der Waals surface area contributed by atoms with Crippen molar-refractivity contribution in [2.45, 2.75) is 13.3 Å². The highest BCUT2D eigenvalue weighted by molar-refractivity contribution is 5.70. The second-order valence-corrected chi connectivity index (χ2v) is 3.43. The molecule has 0 aliphatic rings. The molecule has 0 aliphatic carbocycles. The highest BCUT2D eigenvalue weighted by atomic mass is 19.1. The number of carbonyl (C=O) groups is 1. The number of benzene rings is 1. The average Bonchev–Trinajstić information content (AvgIpc) is 2.27. The summed E-state index contributed by atoms with van der Waals surface area (Å²) in [5, 5.41) is 0. The van der Waals surface area contributed by atoms with Crippen molar-refractivity contribution in [3.05, 3.63) is 30.1 Å². The summed E-state index contributed by atoms with van der Waals surface area (Å²) < 4.78 is 18.2. The predicted octanol–water partition coefficient (Wildman–Crippen LogP) is 2.22. The molecule has 4 heteroatoms. The van der Waals surface area contributed by atoms with E-state index < -0.39 is 0 Å². The highest BCUT2D eigenvalue weighted by Crippen LogP contribution is 2.16. The standard InChI is InChI=1S/C12H16FNO2/c1-3-16-12(15)8-9-14(2)11-7-5-4-6-10(11)13/h4-7H,3,8-9H2,1-2H3. The fraction of sp³-hybridized carbons (Fsp3) is 0.417. The number of para-hydroxylation sites is 1. The Morgan fingerprint density at radius 2 is 2.12 bits per heavy atom. The van der Waals surface area contributed by atoms with Crippen LogP contribution in [0.5, 0.6) is 0 Å². The normalized spacial score (nSPS) is 9.94. The van der Waals surface area contributed by atoms with Crippen LogP contribution >= 0.6 is 0 Å². The maximum Gasteiger partial charge on any atom is 0.307 e. The van der Waals surface area contributed by atoms with E-state index in [2.05, 4.69) is 0 Å². The highest BCUT2D eigenvalue weighted by Gasteiger charge is 2.08. The van der Waals surface area contributed by atoms with Gasteiger partial charge in [-0.1, -0.05) is 12.1 Å². The summed E-state index contributed by atoms with van der Waals surface area (Å²) in [5.74, 6) is -0.542. The fourth-order valence-corrected chi connectivity index (χ4v) is 1.37. The minimum Gasteiger partial charge on any atom is -0.466 e. The SMILES string of the molecule is CCOC(=O)CCN(C)c1ccccc1F.